The number of hydrogen-bond acceptors (Lipinski definition) is 1. The predicted molar refractivity (Wildman–Crippen MR) is 68.7 cm³/mol. The van der Waals surface area contributed by atoms with E-state index in [1.165, 1.54) is 0 Å². The molecular weight excluding hydrogens is 213 g/mol. The van der Waals surface area contributed by atoms with E-state index in [1.54, 1.807) is 0 Å². The minimum Gasteiger partial charge on any atom is -0.261 e. The minimum absolute atomic E-state index is 0.442. The number of aromatic nitrogens is 1. The van der Waals surface area contributed by atoms with Crippen LogP contribution < -0.4 is 0 Å². The summed E-state index contributed by atoms with van der Waals surface area (Å²) in [7, 11) is 0. The Bertz CT molecular complexity index is 547. The van der Waals surface area contributed by atoms with Gasteiger partial charge in [0.2, 0.25) is 0 Å². The van der Waals surface area contributed by atoms with E-state index in [0.29, 0.717) is 0 Å². The standard InChI is InChI=1S/C15H16FN/c1-10-4-5-13(8-16)15(6-10)14-7-11(2)12(3)17-9-14/h4-7,9H,8H2,1-3H3. The van der Waals surface area contributed by atoms with Gasteiger partial charge in [-0.15, -0.1) is 0 Å². The molecule has 0 unspecified atom stereocenters. The molecule has 1 aromatic carbocycles. The average Bonchev–Trinajstić information content (AvgIpc) is 2.32. The SMILES string of the molecule is Cc1ccc(CF)c(-c2cnc(C)c(C)c2)c1. The molecule has 0 atom stereocenters. The quantitative estimate of drug-likeness (QED) is 0.754. The van der Waals surface area contributed by atoms with Gasteiger partial charge in [-0.2, -0.15) is 0 Å². The van der Waals surface area contributed by atoms with Crippen LogP contribution in [-0.2, 0) is 6.67 Å². The molecule has 0 fully saturated rings. The molecule has 2 aromatic rings. The number of rotatable bonds is 2. The van der Waals surface area contributed by atoms with Crippen molar-refractivity contribution in [2.24, 2.45) is 0 Å². The lowest BCUT2D eigenvalue weighted by Gasteiger charge is -2.09. The van der Waals surface area contributed by atoms with Crippen LogP contribution in [0.15, 0.2) is 30.5 Å². The first-order valence-corrected chi connectivity index (χ1v) is 5.71. The summed E-state index contributed by atoms with van der Waals surface area (Å²) in [6, 6.07) is 7.86. The number of alkyl halides is 1. The lowest BCUT2D eigenvalue weighted by Crippen LogP contribution is -1.92. The van der Waals surface area contributed by atoms with Gasteiger partial charge in [0.25, 0.3) is 0 Å². The van der Waals surface area contributed by atoms with E-state index < -0.39 is 6.67 Å². The maximum atomic E-state index is 13.0. The molecule has 0 radical (unpaired) electrons. The minimum atomic E-state index is -0.442. The van der Waals surface area contributed by atoms with Gasteiger partial charge in [0, 0.05) is 17.5 Å². The summed E-state index contributed by atoms with van der Waals surface area (Å²) >= 11 is 0. The first-order valence-electron chi connectivity index (χ1n) is 5.71. The van der Waals surface area contributed by atoms with Gasteiger partial charge in [0.1, 0.15) is 6.67 Å². The maximum absolute atomic E-state index is 13.0. The Morgan fingerprint density at radius 1 is 1.12 bits per heavy atom. The number of halogens is 1. The van der Waals surface area contributed by atoms with Crippen molar-refractivity contribution in [3.05, 3.63) is 52.8 Å². The summed E-state index contributed by atoms with van der Waals surface area (Å²) in [6.07, 6.45) is 1.82. The Hall–Kier alpha value is -1.70. The van der Waals surface area contributed by atoms with E-state index in [1.807, 2.05) is 45.2 Å². The van der Waals surface area contributed by atoms with Crippen LogP contribution in [0.5, 0.6) is 0 Å². The van der Waals surface area contributed by atoms with E-state index in [2.05, 4.69) is 11.1 Å². The Morgan fingerprint density at radius 3 is 2.53 bits per heavy atom. The third kappa shape index (κ3) is 2.36. The van der Waals surface area contributed by atoms with E-state index in [0.717, 1.165) is 33.5 Å². The predicted octanol–water partition coefficient (Wildman–Crippen LogP) is 4.14. The molecule has 0 aliphatic heterocycles. The lowest BCUT2D eigenvalue weighted by molar-refractivity contribution is 0.486. The highest BCUT2D eigenvalue weighted by Gasteiger charge is 2.07. The van der Waals surface area contributed by atoms with Crippen molar-refractivity contribution in [1.82, 2.24) is 4.98 Å². The van der Waals surface area contributed by atoms with Crippen LogP contribution >= 0.6 is 0 Å². The highest BCUT2D eigenvalue weighted by molar-refractivity contribution is 5.68. The number of aryl methyl sites for hydroxylation is 3. The summed E-state index contributed by atoms with van der Waals surface area (Å²) < 4.78 is 13.0. The van der Waals surface area contributed by atoms with E-state index in [9.17, 15) is 4.39 Å². The Balaban J connectivity index is 2.58. The number of pyridine rings is 1. The molecule has 0 N–H and O–H groups in total. The number of benzene rings is 1. The molecule has 0 aliphatic rings. The molecule has 0 saturated heterocycles. The first-order chi connectivity index (χ1) is 8.11. The fraction of sp³-hybridized carbons (Fsp3) is 0.267. The topological polar surface area (TPSA) is 12.9 Å². The van der Waals surface area contributed by atoms with Crippen LogP contribution in [0.1, 0.15) is 22.4 Å². The molecule has 1 heterocycles. The van der Waals surface area contributed by atoms with Gasteiger partial charge >= 0.3 is 0 Å². The zero-order valence-electron chi connectivity index (χ0n) is 10.4. The molecule has 0 amide bonds. The summed E-state index contributed by atoms with van der Waals surface area (Å²) in [5.74, 6) is 0. The van der Waals surface area contributed by atoms with Crippen LogP contribution in [0, 0.1) is 20.8 Å². The molecule has 0 aliphatic carbocycles. The lowest BCUT2D eigenvalue weighted by atomic mass is 9.98. The normalized spacial score (nSPS) is 10.6. The van der Waals surface area contributed by atoms with Gasteiger partial charge in [-0.1, -0.05) is 23.8 Å². The zero-order valence-corrected chi connectivity index (χ0v) is 10.4. The molecular formula is C15H16FN. The van der Waals surface area contributed by atoms with Gasteiger partial charge in [0.05, 0.1) is 0 Å². The third-order valence-corrected chi connectivity index (χ3v) is 3.06. The molecule has 2 heteroatoms. The van der Waals surface area contributed by atoms with Crippen LogP contribution in [-0.4, -0.2) is 4.98 Å². The van der Waals surface area contributed by atoms with Crippen molar-refractivity contribution >= 4 is 0 Å². The second-order valence-electron chi connectivity index (χ2n) is 4.42. The van der Waals surface area contributed by atoms with Crippen molar-refractivity contribution in [1.29, 1.82) is 0 Å². The Labute approximate surface area is 101 Å². The second kappa shape index (κ2) is 4.66. The van der Waals surface area contributed by atoms with Crippen molar-refractivity contribution in [3.8, 4) is 11.1 Å². The van der Waals surface area contributed by atoms with Gasteiger partial charge in [-0.3, -0.25) is 4.98 Å². The molecule has 0 bridgehead atoms. The van der Waals surface area contributed by atoms with Crippen LogP contribution in [0.25, 0.3) is 11.1 Å². The van der Waals surface area contributed by atoms with E-state index in [-0.39, 0.29) is 0 Å². The molecule has 88 valence electrons. The van der Waals surface area contributed by atoms with Gasteiger partial charge in [-0.25, -0.2) is 4.39 Å². The molecule has 2 rings (SSSR count). The summed E-state index contributed by atoms with van der Waals surface area (Å²) in [4.78, 5) is 4.34. The summed E-state index contributed by atoms with van der Waals surface area (Å²) in [5.41, 5.74) is 5.95. The van der Waals surface area contributed by atoms with E-state index >= 15 is 0 Å². The first kappa shape index (κ1) is 11.8. The Kier molecular flexibility index (Phi) is 3.23. The third-order valence-electron chi connectivity index (χ3n) is 3.06. The number of nitrogens with zero attached hydrogens (tertiary/aromatic N) is 1. The zero-order chi connectivity index (χ0) is 12.4. The molecule has 0 spiro atoms. The fourth-order valence-electron chi connectivity index (χ4n) is 1.87. The highest BCUT2D eigenvalue weighted by atomic mass is 19.1. The van der Waals surface area contributed by atoms with Crippen LogP contribution in [0.3, 0.4) is 0 Å². The molecule has 1 nitrogen and oxygen atoms in total. The van der Waals surface area contributed by atoms with Gasteiger partial charge < -0.3 is 0 Å². The van der Waals surface area contributed by atoms with Crippen molar-refractivity contribution in [2.45, 2.75) is 27.4 Å². The van der Waals surface area contributed by atoms with Crippen molar-refractivity contribution in [2.75, 3.05) is 0 Å². The molecule has 1 aromatic heterocycles. The smallest absolute Gasteiger partial charge is 0.115 e. The second-order valence-corrected chi connectivity index (χ2v) is 4.42. The monoisotopic (exact) mass is 229 g/mol. The van der Waals surface area contributed by atoms with Crippen molar-refractivity contribution in [3.63, 3.8) is 0 Å². The molecule has 0 saturated carbocycles. The summed E-state index contributed by atoms with van der Waals surface area (Å²) in [5, 5.41) is 0. The number of hydrogen-bond donors (Lipinski definition) is 0. The average molecular weight is 229 g/mol. The van der Waals surface area contributed by atoms with Crippen LogP contribution in [0.2, 0.25) is 0 Å². The maximum Gasteiger partial charge on any atom is 0.115 e. The van der Waals surface area contributed by atoms with Gasteiger partial charge in [-0.05, 0) is 43.5 Å². The van der Waals surface area contributed by atoms with Crippen LogP contribution in [0.4, 0.5) is 4.39 Å². The van der Waals surface area contributed by atoms with E-state index in [4.69, 9.17) is 0 Å². The Morgan fingerprint density at radius 2 is 1.88 bits per heavy atom. The fourth-order valence-corrected chi connectivity index (χ4v) is 1.87. The van der Waals surface area contributed by atoms with Crippen molar-refractivity contribution < 1.29 is 4.39 Å². The molecule has 17 heavy (non-hydrogen) atoms. The largest absolute Gasteiger partial charge is 0.261 e. The van der Waals surface area contributed by atoms with Gasteiger partial charge in [0.15, 0.2) is 0 Å². The highest BCUT2D eigenvalue weighted by Crippen LogP contribution is 2.26. The summed E-state index contributed by atoms with van der Waals surface area (Å²) in [6.45, 7) is 5.57.